The second kappa shape index (κ2) is 7.24. The van der Waals surface area contributed by atoms with Crippen LogP contribution in [0.2, 0.25) is 0 Å². The molecule has 0 saturated carbocycles. The SMILES string of the molecule is Cc1cc(Br)cc([N+](=O)[O-])c1OCC(CBr)C(C)C. The minimum Gasteiger partial charge on any atom is -0.486 e. The van der Waals surface area contributed by atoms with Gasteiger partial charge in [0.2, 0.25) is 0 Å². The van der Waals surface area contributed by atoms with E-state index in [1.807, 2.05) is 13.0 Å². The lowest BCUT2D eigenvalue weighted by atomic mass is 9.99. The lowest BCUT2D eigenvalue weighted by Crippen LogP contribution is -2.19. The second-order valence-electron chi connectivity index (χ2n) is 4.80. The minimum atomic E-state index is -0.411. The molecule has 1 rings (SSSR count). The lowest BCUT2D eigenvalue weighted by molar-refractivity contribution is -0.386. The predicted octanol–water partition coefficient (Wildman–Crippen LogP) is 4.71. The van der Waals surface area contributed by atoms with Gasteiger partial charge < -0.3 is 4.74 Å². The molecule has 1 aromatic carbocycles. The van der Waals surface area contributed by atoms with Crippen molar-refractivity contribution >= 4 is 37.5 Å². The van der Waals surface area contributed by atoms with Crippen molar-refractivity contribution in [3.63, 3.8) is 0 Å². The third-order valence-corrected chi connectivity index (χ3v) is 4.29. The van der Waals surface area contributed by atoms with Crippen LogP contribution in [0.1, 0.15) is 19.4 Å². The minimum absolute atomic E-state index is 0.00366. The van der Waals surface area contributed by atoms with Crippen LogP contribution in [0.4, 0.5) is 5.69 Å². The molecule has 0 fully saturated rings. The monoisotopic (exact) mass is 393 g/mol. The van der Waals surface area contributed by atoms with E-state index in [1.54, 1.807) is 0 Å². The number of ether oxygens (including phenoxy) is 1. The van der Waals surface area contributed by atoms with Gasteiger partial charge in [0.25, 0.3) is 0 Å². The van der Waals surface area contributed by atoms with E-state index in [-0.39, 0.29) is 5.69 Å². The quantitative estimate of drug-likeness (QED) is 0.398. The van der Waals surface area contributed by atoms with Crippen LogP contribution in [0.3, 0.4) is 0 Å². The lowest BCUT2D eigenvalue weighted by Gasteiger charge is -2.19. The summed E-state index contributed by atoms with van der Waals surface area (Å²) >= 11 is 6.71. The number of nitro benzene ring substituents is 1. The van der Waals surface area contributed by atoms with Crippen molar-refractivity contribution in [1.29, 1.82) is 0 Å². The van der Waals surface area contributed by atoms with Gasteiger partial charge in [-0.2, -0.15) is 0 Å². The Morgan fingerprint density at radius 2 is 2.05 bits per heavy atom. The summed E-state index contributed by atoms with van der Waals surface area (Å²) in [4.78, 5) is 10.7. The maximum Gasteiger partial charge on any atom is 0.312 e. The molecule has 1 atom stereocenters. The molecule has 0 bridgehead atoms. The van der Waals surface area contributed by atoms with Crippen LogP contribution in [0.15, 0.2) is 16.6 Å². The topological polar surface area (TPSA) is 52.4 Å². The van der Waals surface area contributed by atoms with Crippen LogP contribution in [0, 0.1) is 28.9 Å². The van der Waals surface area contributed by atoms with E-state index in [0.717, 1.165) is 10.9 Å². The van der Waals surface area contributed by atoms with E-state index in [4.69, 9.17) is 4.74 Å². The Morgan fingerprint density at radius 3 is 2.53 bits per heavy atom. The van der Waals surface area contributed by atoms with Gasteiger partial charge in [0.15, 0.2) is 5.75 Å². The molecule has 0 radical (unpaired) electrons. The Labute approximate surface area is 129 Å². The van der Waals surface area contributed by atoms with Crippen LogP contribution in [0.25, 0.3) is 0 Å². The molecule has 0 amide bonds. The van der Waals surface area contributed by atoms with E-state index in [2.05, 4.69) is 45.7 Å². The summed E-state index contributed by atoms with van der Waals surface area (Å²) in [6.45, 7) is 6.49. The molecule has 0 aliphatic heterocycles. The molecule has 19 heavy (non-hydrogen) atoms. The molecular formula is C13H17Br2NO3. The molecule has 4 nitrogen and oxygen atoms in total. The van der Waals surface area contributed by atoms with Crippen molar-refractivity contribution in [3.8, 4) is 5.75 Å². The zero-order valence-corrected chi connectivity index (χ0v) is 14.3. The van der Waals surface area contributed by atoms with Crippen LogP contribution < -0.4 is 4.74 Å². The van der Waals surface area contributed by atoms with Gasteiger partial charge in [0.1, 0.15) is 0 Å². The number of hydrogen-bond donors (Lipinski definition) is 0. The van der Waals surface area contributed by atoms with Crippen LogP contribution >= 0.6 is 31.9 Å². The summed E-state index contributed by atoms with van der Waals surface area (Å²) in [6.07, 6.45) is 0. The Hall–Kier alpha value is -0.620. The zero-order chi connectivity index (χ0) is 14.6. The van der Waals surface area contributed by atoms with Gasteiger partial charge in [-0.3, -0.25) is 10.1 Å². The van der Waals surface area contributed by atoms with E-state index >= 15 is 0 Å². The van der Waals surface area contributed by atoms with Crippen molar-refractivity contribution in [2.45, 2.75) is 20.8 Å². The normalized spacial score (nSPS) is 12.5. The van der Waals surface area contributed by atoms with Crippen LogP contribution in [-0.2, 0) is 0 Å². The van der Waals surface area contributed by atoms with Crippen LogP contribution in [-0.4, -0.2) is 16.9 Å². The molecule has 0 heterocycles. The van der Waals surface area contributed by atoms with Crippen molar-refractivity contribution in [2.75, 3.05) is 11.9 Å². The summed E-state index contributed by atoms with van der Waals surface area (Å²) in [6, 6.07) is 3.29. The van der Waals surface area contributed by atoms with E-state index in [9.17, 15) is 10.1 Å². The molecule has 0 N–H and O–H groups in total. The molecule has 6 heteroatoms. The number of rotatable bonds is 6. The molecule has 0 spiro atoms. The first-order valence-electron chi connectivity index (χ1n) is 6.00. The van der Waals surface area contributed by atoms with E-state index in [1.165, 1.54) is 6.07 Å². The molecule has 0 saturated heterocycles. The van der Waals surface area contributed by atoms with Crippen molar-refractivity contribution < 1.29 is 9.66 Å². The molecule has 1 unspecified atom stereocenters. The molecular weight excluding hydrogens is 378 g/mol. The largest absolute Gasteiger partial charge is 0.486 e. The van der Waals surface area contributed by atoms with Gasteiger partial charge in [-0.25, -0.2) is 0 Å². The fourth-order valence-electron chi connectivity index (χ4n) is 1.64. The number of aryl methyl sites for hydroxylation is 1. The van der Waals surface area contributed by atoms with Crippen LogP contribution in [0.5, 0.6) is 5.75 Å². The number of alkyl halides is 1. The average molecular weight is 395 g/mol. The first kappa shape index (κ1) is 16.4. The summed E-state index contributed by atoms with van der Waals surface area (Å²) in [7, 11) is 0. The Morgan fingerprint density at radius 1 is 1.42 bits per heavy atom. The Kier molecular flexibility index (Phi) is 6.26. The fourth-order valence-corrected chi connectivity index (χ4v) is 3.14. The van der Waals surface area contributed by atoms with Crippen molar-refractivity contribution in [3.05, 3.63) is 32.3 Å². The standard InChI is InChI=1S/C13H17Br2NO3/c1-8(2)10(6-14)7-19-13-9(3)4-11(15)5-12(13)16(17)18/h4-5,8,10H,6-7H2,1-3H3. The van der Waals surface area contributed by atoms with Gasteiger partial charge in [-0.05, 0) is 24.5 Å². The first-order valence-corrected chi connectivity index (χ1v) is 7.91. The Bertz CT molecular complexity index is 463. The number of nitrogens with zero attached hydrogens (tertiary/aromatic N) is 1. The second-order valence-corrected chi connectivity index (χ2v) is 6.36. The highest BCUT2D eigenvalue weighted by Gasteiger charge is 2.21. The number of nitro groups is 1. The van der Waals surface area contributed by atoms with Gasteiger partial charge in [0, 0.05) is 21.8 Å². The summed E-state index contributed by atoms with van der Waals surface area (Å²) < 4.78 is 6.39. The highest BCUT2D eigenvalue weighted by molar-refractivity contribution is 9.10. The van der Waals surface area contributed by atoms with E-state index < -0.39 is 4.92 Å². The van der Waals surface area contributed by atoms with E-state index in [0.29, 0.717) is 28.7 Å². The fraction of sp³-hybridized carbons (Fsp3) is 0.538. The summed E-state index contributed by atoms with van der Waals surface area (Å²) in [5.41, 5.74) is 0.766. The van der Waals surface area contributed by atoms with Gasteiger partial charge >= 0.3 is 5.69 Å². The smallest absolute Gasteiger partial charge is 0.312 e. The highest BCUT2D eigenvalue weighted by Crippen LogP contribution is 2.34. The van der Waals surface area contributed by atoms with Crippen molar-refractivity contribution in [2.24, 2.45) is 11.8 Å². The van der Waals surface area contributed by atoms with Crippen molar-refractivity contribution in [1.82, 2.24) is 0 Å². The number of hydrogen-bond acceptors (Lipinski definition) is 3. The predicted molar refractivity (Wildman–Crippen MR) is 83.2 cm³/mol. The van der Waals surface area contributed by atoms with Gasteiger partial charge in [-0.1, -0.05) is 45.7 Å². The average Bonchev–Trinajstić information content (AvgIpc) is 2.30. The Balaban J connectivity index is 2.97. The molecule has 0 aromatic heterocycles. The number of benzene rings is 1. The summed E-state index contributed by atoms with van der Waals surface area (Å²) in [5, 5.41) is 11.9. The zero-order valence-electron chi connectivity index (χ0n) is 11.2. The highest BCUT2D eigenvalue weighted by atomic mass is 79.9. The summed E-state index contributed by atoms with van der Waals surface area (Å²) in [5.74, 6) is 1.14. The number of halogens is 2. The third kappa shape index (κ3) is 4.45. The van der Waals surface area contributed by atoms with Gasteiger partial charge in [-0.15, -0.1) is 0 Å². The van der Waals surface area contributed by atoms with Gasteiger partial charge in [0.05, 0.1) is 11.5 Å². The molecule has 0 aliphatic rings. The maximum absolute atomic E-state index is 11.1. The molecule has 0 aliphatic carbocycles. The molecule has 1 aromatic rings. The molecule has 106 valence electrons. The maximum atomic E-state index is 11.1. The first-order chi connectivity index (χ1) is 8.86. The third-order valence-electron chi connectivity index (χ3n) is 3.00.